The average molecular weight is 373 g/mol. The Balaban J connectivity index is 1.51. The standard InChI is InChI=1S/C21H27NO5/c1-3-4-10-17-22-19(24)16-11-18(25-12-15-8-6-5-7-9-15)27-20(16,2)21(22,13-23)14-26-17/h5-9,13,16-18H,3-4,10-12,14H2,1-2H3/t16-,17-,18-,20-,21-/m0/s1. The Morgan fingerprint density at radius 3 is 2.81 bits per heavy atom. The fourth-order valence-corrected chi connectivity index (χ4v) is 4.74. The van der Waals surface area contributed by atoms with Crippen molar-refractivity contribution in [1.29, 1.82) is 0 Å². The van der Waals surface area contributed by atoms with Crippen LogP contribution in [0.15, 0.2) is 30.3 Å². The molecule has 0 spiro atoms. The Morgan fingerprint density at radius 2 is 2.11 bits per heavy atom. The average Bonchev–Trinajstić information content (AvgIpc) is 3.28. The molecule has 5 atom stereocenters. The molecule has 4 rings (SSSR count). The summed E-state index contributed by atoms with van der Waals surface area (Å²) in [5.74, 6) is -0.425. The van der Waals surface area contributed by atoms with Gasteiger partial charge in [0.05, 0.1) is 19.1 Å². The van der Waals surface area contributed by atoms with E-state index < -0.39 is 17.4 Å². The first-order valence-corrected chi connectivity index (χ1v) is 9.80. The Bertz CT molecular complexity index is 710. The molecule has 3 aliphatic rings. The summed E-state index contributed by atoms with van der Waals surface area (Å²) >= 11 is 0. The minimum absolute atomic E-state index is 0.0472. The maximum Gasteiger partial charge on any atom is 0.231 e. The third kappa shape index (κ3) is 2.73. The molecular formula is C21H27NO5. The van der Waals surface area contributed by atoms with Gasteiger partial charge in [-0.15, -0.1) is 0 Å². The molecule has 27 heavy (non-hydrogen) atoms. The lowest BCUT2D eigenvalue weighted by atomic mass is 9.78. The number of amides is 1. The predicted molar refractivity (Wildman–Crippen MR) is 97.5 cm³/mol. The van der Waals surface area contributed by atoms with Gasteiger partial charge in [-0.3, -0.25) is 9.69 Å². The van der Waals surface area contributed by atoms with Crippen molar-refractivity contribution < 1.29 is 23.8 Å². The second kappa shape index (κ2) is 7.00. The molecule has 146 valence electrons. The van der Waals surface area contributed by atoms with E-state index in [0.29, 0.717) is 13.0 Å². The number of fused-ring (bicyclic) bond motifs is 3. The molecule has 1 amide bonds. The second-order valence-corrected chi connectivity index (χ2v) is 7.90. The Morgan fingerprint density at radius 1 is 1.33 bits per heavy atom. The van der Waals surface area contributed by atoms with Gasteiger partial charge >= 0.3 is 0 Å². The highest BCUT2D eigenvalue weighted by Crippen LogP contribution is 2.55. The highest BCUT2D eigenvalue weighted by molar-refractivity contribution is 5.92. The Hall–Kier alpha value is -1.76. The number of aldehydes is 1. The Kier molecular flexibility index (Phi) is 4.82. The van der Waals surface area contributed by atoms with Gasteiger partial charge in [-0.05, 0) is 25.3 Å². The van der Waals surface area contributed by atoms with E-state index in [-0.39, 0.29) is 24.7 Å². The number of carbonyl (C=O) groups excluding carboxylic acids is 2. The molecule has 0 aromatic heterocycles. The first kappa shape index (κ1) is 18.6. The molecule has 0 radical (unpaired) electrons. The number of hydrogen-bond acceptors (Lipinski definition) is 5. The van der Waals surface area contributed by atoms with Crippen LogP contribution in [0.4, 0.5) is 0 Å². The zero-order valence-corrected chi connectivity index (χ0v) is 15.9. The molecule has 0 bridgehead atoms. The molecular weight excluding hydrogens is 346 g/mol. The van der Waals surface area contributed by atoms with Crippen LogP contribution >= 0.6 is 0 Å². The Labute approximate surface area is 159 Å². The number of hydrogen-bond donors (Lipinski definition) is 0. The van der Waals surface area contributed by atoms with E-state index in [0.717, 1.165) is 31.1 Å². The van der Waals surface area contributed by atoms with Crippen molar-refractivity contribution in [3.8, 4) is 0 Å². The van der Waals surface area contributed by atoms with E-state index in [4.69, 9.17) is 14.2 Å². The normalized spacial score (nSPS) is 37.5. The first-order valence-electron chi connectivity index (χ1n) is 9.80. The van der Waals surface area contributed by atoms with Gasteiger partial charge in [-0.25, -0.2) is 0 Å². The van der Waals surface area contributed by atoms with Crippen LogP contribution in [0.2, 0.25) is 0 Å². The van der Waals surface area contributed by atoms with Crippen LogP contribution in [-0.4, -0.2) is 47.4 Å². The molecule has 3 heterocycles. The van der Waals surface area contributed by atoms with Crippen molar-refractivity contribution in [2.75, 3.05) is 6.61 Å². The van der Waals surface area contributed by atoms with E-state index in [1.54, 1.807) is 4.90 Å². The summed E-state index contributed by atoms with van der Waals surface area (Å²) in [7, 11) is 0. The molecule has 3 fully saturated rings. The summed E-state index contributed by atoms with van der Waals surface area (Å²) < 4.78 is 18.0. The van der Waals surface area contributed by atoms with E-state index in [1.165, 1.54) is 0 Å². The molecule has 0 aliphatic carbocycles. The monoisotopic (exact) mass is 373 g/mol. The highest BCUT2D eigenvalue weighted by Gasteiger charge is 2.74. The van der Waals surface area contributed by atoms with Crippen molar-refractivity contribution in [3.63, 3.8) is 0 Å². The quantitative estimate of drug-likeness (QED) is 0.688. The molecule has 6 heteroatoms. The summed E-state index contributed by atoms with van der Waals surface area (Å²) in [5, 5.41) is 0. The second-order valence-electron chi connectivity index (χ2n) is 7.90. The number of carbonyl (C=O) groups is 2. The van der Waals surface area contributed by atoms with E-state index >= 15 is 0 Å². The fourth-order valence-electron chi connectivity index (χ4n) is 4.74. The molecule has 0 N–H and O–H groups in total. The molecule has 1 aromatic rings. The first-order chi connectivity index (χ1) is 13.1. The van der Waals surface area contributed by atoms with Crippen LogP contribution in [0.25, 0.3) is 0 Å². The van der Waals surface area contributed by atoms with Crippen molar-refractivity contribution in [1.82, 2.24) is 4.90 Å². The summed E-state index contributed by atoms with van der Waals surface area (Å²) in [6, 6.07) is 9.84. The number of nitrogens with zero attached hydrogens (tertiary/aromatic N) is 1. The number of unbranched alkanes of at least 4 members (excludes halogenated alkanes) is 1. The molecule has 0 saturated carbocycles. The molecule has 1 aromatic carbocycles. The highest BCUT2D eigenvalue weighted by atomic mass is 16.7. The minimum atomic E-state index is -1.06. The minimum Gasteiger partial charge on any atom is -0.355 e. The summed E-state index contributed by atoms with van der Waals surface area (Å²) in [6.45, 7) is 4.56. The zero-order valence-electron chi connectivity index (χ0n) is 15.9. The molecule has 6 nitrogen and oxygen atoms in total. The van der Waals surface area contributed by atoms with Gasteiger partial charge in [0.1, 0.15) is 11.8 Å². The van der Waals surface area contributed by atoms with Crippen molar-refractivity contribution in [3.05, 3.63) is 35.9 Å². The van der Waals surface area contributed by atoms with Gasteiger partial charge in [0, 0.05) is 6.42 Å². The van der Waals surface area contributed by atoms with Gasteiger partial charge in [0.15, 0.2) is 18.1 Å². The van der Waals surface area contributed by atoms with Crippen molar-refractivity contribution in [2.45, 2.75) is 69.8 Å². The van der Waals surface area contributed by atoms with E-state index in [9.17, 15) is 9.59 Å². The summed E-state index contributed by atoms with van der Waals surface area (Å²) in [4.78, 5) is 27.1. The van der Waals surface area contributed by atoms with Crippen LogP contribution in [0.5, 0.6) is 0 Å². The van der Waals surface area contributed by atoms with Crippen LogP contribution in [0, 0.1) is 5.92 Å². The van der Waals surface area contributed by atoms with Crippen LogP contribution in [0.1, 0.15) is 45.1 Å². The number of rotatable bonds is 7. The zero-order chi connectivity index (χ0) is 19.1. The lowest BCUT2D eigenvalue weighted by Crippen LogP contribution is -2.59. The van der Waals surface area contributed by atoms with Crippen LogP contribution < -0.4 is 0 Å². The predicted octanol–water partition coefficient (Wildman–Crippen LogP) is 2.65. The van der Waals surface area contributed by atoms with Gasteiger partial charge in [0.2, 0.25) is 5.91 Å². The van der Waals surface area contributed by atoms with Gasteiger partial charge < -0.3 is 19.0 Å². The number of benzene rings is 1. The summed E-state index contributed by atoms with van der Waals surface area (Å²) in [5.41, 5.74) is -0.934. The molecule has 0 unspecified atom stereocenters. The van der Waals surface area contributed by atoms with Crippen molar-refractivity contribution in [2.24, 2.45) is 5.92 Å². The maximum atomic E-state index is 13.2. The molecule has 3 aliphatic heterocycles. The lowest BCUT2D eigenvalue weighted by Gasteiger charge is -2.38. The van der Waals surface area contributed by atoms with E-state index in [1.807, 2.05) is 37.3 Å². The summed E-state index contributed by atoms with van der Waals surface area (Å²) in [6.07, 6.45) is 3.20. The van der Waals surface area contributed by atoms with Gasteiger partial charge in [-0.2, -0.15) is 0 Å². The lowest BCUT2D eigenvalue weighted by molar-refractivity contribution is -0.194. The third-order valence-electron chi connectivity index (χ3n) is 6.36. The smallest absolute Gasteiger partial charge is 0.231 e. The fraction of sp³-hybridized carbons (Fsp3) is 0.619. The van der Waals surface area contributed by atoms with Crippen LogP contribution in [-0.2, 0) is 30.4 Å². The molecule has 3 saturated heterocycles. The van der Waals surface area contributed by atoms with Gasteiger partial charge in [0.25, 0.3) is 0 Å². The van der Waals surface area contributed by atoms with Gasteiger partial charge in [-0.1, -0.05) is 43.7 Å². The van der Waals surface area contributed by atoms with E-state index in [2.05, 4.69) is 6.92 Å². The number of ether oxygens (including phenoxy) is 3. The van der Waals surface area contributed by atoms with Crippen LogP contribution in [0.3, 0.4) is 0 Å². The third-order valence-corrected chi connectivity index (χ3v) is 6.36. The SMILES string of the molecule is CCCC[C@@H]1OC[C@]2(C=O)N1C(=O)[C@@H]1C[C@@H](OCc3ccccc3)O[C@@]12C. The van der Waals surface area contributed by atoms with Crippen molar-refractivity contribution >= 4 is 12.2 Å². The largest absolute Gasteiger partial charge is 0.355 e. The topological polar surface area (TPSA) is 65.1 Å². The maximum absolute atomic E-state index is 13.2.